The minimum atomic E-state index is -3.06. The molecule has 0 atom stereocenters. The monoisotopic (exact) mass is 426 g/mol. The largest absolute Gasteiger partial charge is 0.493 e. The van der Waals surface area contributed by atoms with Crippen molar-refractivity contribution in [2.75, 3.05) is 17.7 Å². The Morgan fingerprint density at radius 3 is 2.27 bits per heavy atom. The summed E-state index contributed by atoms with van der Waals surface area (Å²) in [7, 11) is 1.23. The Bertz CT molecular complexity index is 929. The van der Waals surface area contributed by atoms with Crippen LogP contribution in [-0.4, -0.2) is 31.3 Å². The van der Waals surface area contributed by atoms with Crippen LogP contribution in [0.5, 0.6) is 11.5 Å². The summed E-state index contributed by atoms with van der Waals surface area (Å²) >= 11 is 0. The Labute approximate surface area is 171 Å². The van der Waals surface area contributed by atoms with Crippen LogP contribution in [0.25, 0.3) is 0 Å². The molecule has 0 bridgehead atoms. The molecule has 30 heavy (non-hydrogen) atoms. The normalized spacial score (nSPS) is 11.1. The van der Waals surface area contributed by atoms with Crippen LogP contribution in [0.4, 0.5) is 29.3 Å². The first-order valence-electron chi connectivity index (χ1n) is 8.72. The zero-order valence-corrected chi connectivity index (χ0v) is 16.7. The highest BCUT2D eigenvalue weighted by Gasteiger charge is 2.19. The number of hydrogen-bond donors (Lipinski definition) is 2. The van der Waals surface area contributed by atoms with Gasteiger partial charge in [-0.2, -0.15) is 8.78 Å². The number of rotatable bonds is 6. The molecule has 2 rings (SSSR count). The lowest BCUT2D eigenvalue weighted by Crippen LogP contribution is -2.27. The fraction of sp³-hybridized carbons (Fsp3) is 0.300. The number of alkyl halides is 2. The number of carbonyl (C=O) groups is 2. The van der Waals surface area contributed by atoms with Gasteiger partial charge in [-0.25, -0.2) is 9.18 Å². The van der Waals surface area contributed by atoms with Gasteiger partial charge in [-0.05, 0) is 57.2 Å². The number of halogens is 3. The molecule has 0 aliphatic carbocycles. The van der Waals surface area contributed by atoms with Crippen molar-refractivity contribution in [2.24, 2.45) is 0 Å². The Kier molecular flexibility index (Phi) is 7.14. The summed E-state index contributed by atoms with van der Waals surface area (Å²) in [6, 6.07) is 6.93. The van der Waals surface area contributed by atoms with Crippen LogP contribution in [0.3, 0.4) is 0 Å². The van der Waals surface area contributed by atoms with Crippen LogP contribution < -0.4 is 20.1 Å². The van der Waals surface area contributed by atoms with E-state index in [1.54, 1.807) is 20.8 Å². The van der Waals surface area contributed by atoms with Crippen molar-refractivity contribution >= 4 is 23.4 Å². The molecule has 7 nitrogen and oxygen atoms in total. The van der Waals surface area contributed by atoms with Crippen molar-refractivity contribution in [2.45, 2.75) is 33.0 Å². The quantitative estimate of drug-likeness (QED) is 0.676. The van der Waals surface area contributed by atoms with Gasteiger partial charge in [0.15, 0.2) is 11.5 Å². The summed E-state index contributed by atoms with van der Waals surface area (Å²) < 4.78 is 53.0. The van der Waals surface area contributed by atoms with E-state index in [1.165, 1.54) is 25.3 Å². The summed E-state index contributed by atoms with van der Waals surface area (Å²) in [5.74, 6) is -1.69. The van der Waals surface area contributed by atoms with Crippen molar-refractivity contribution < 1.29 is 37.0 Å². The molecular formula is C20H21F3N2O5. The Hall–Kier alpha value is -3.43. The van der Waals surface area contributed by atoms with Crippen molar-refractivity contribution in [3.05, 3.63) is 47.8 Å². The molecular weight excluding hydrogens is 405 g/mol. The molecule has 0 radical (unpaired) electrons. The van der Waals surface area contributed by atoms with Gasteiger partial charge >= 0.3 is 12.7 Å². The number of ether oxygens (including phenoxy) is 3. The highest BCUT2D eigenvalue weighted by molar-refractivity contribution is 6.07. The summed E-state index contributed by atoms with van der Waals surface area (Å²) in [6.45, 7) is 1.96. The molecule has 0 fully saturated rings. The molecule has 10 heteroatoms. The van der Waals surface area contributed by atoms with Crippen molar-refractivity contribution in [3.63, 3.8) is 0 Å². The maximum Gasteiger partial charge on any atom is 0.412 e. The molecule has 0 saturated heterocycles. The SMILES string of the molecule is COc1cc(C(=O)Nc2cc(F)ccc2NC(=O)OC(C)(C)C)ccc1OC(F)F. The van der Waals surface area contributed by atoms with Crippen molar-refractivity contribution in [1.29, 1.82) is 0 Å². The van der Waals surface area contributed by atoms with E-state index in [0.29, 0.717) is 0 Å². The van der Waals surface area contributed by atoms with Crippen LogP contribution in [0.2, 0.25) is 0 Å². The maximum absolute atomic E-state index is 13.7. The minimum Gasteiger partial charge on any atom is -0.493 e. The second kappa shape index (κ2) is 9.38. The molecule has 0 unspecified atom stereocenters. The van der Waals surface area contributed by atoms with E-state index in [4.69, 9.17) is 9.47 Å². The van der Waals surface area contributed by atoms with E-state index in [1.807, 2.05) is 0 Å². The highest BCUT2D eigenvalue weighted by Crippen LogP contribution is 2.30. The third-order valence-electron chi connectivity index (χ3n) is 3.51. The topological polar surface area (TPSA) is 85.9 Å². The van der Waals surface area contributed by atoms with Crippen molar-refractivity contribution in [3.8, 4) is 11.5 Å². The predicted octanol–water partition coefficient (Wildman–Crippen LogP) is 5.04. The van der Waals surface area contributed by atoms with E-state index >= 15 is 0 Å². The molecule has 2 N–H and O–H groups in total. The maximum atomic E-state index is 13.7. The summed E-state index contributed by atoms with van der Waals surface area (Å²) in [4.78, 5) is 24.6. The zero-order valence-electron chi connectivity index (χ0n) is 16.7. The first-order valence-corrected chi connectivity index (χ1v) is 8.72. The molecule has 0 aliphatic rings. The second-order valence-electron chi connectivity index (χ2n) is 7.02. The molecule has 162 valence electrons. The second-order valence-corrected chi connectivity index (χ2v) is 7.02. The Morgan fingerprint density at radius 2 is 1.67 bits per heavy atom. The Morgan fingerprint density at radius 1 is 0.967 bits per heavy atom. The van der Waals surface area contributed by atoms with E-state index in [0.717, 1.165) is 18.2 Å². The molecule has 0 heterocycles. The van der Waals surface area contributed by atoms with Gasteiger partial charge in [0.1, 0.15) is 11.4 Å². The number of amides is 2. The molecule has 2 aromatic carbocycles. The third kappa shape index (κ3) is 6.57. The average molecular weight is 426 g/mol. The number of hydrogen-bond acceptors (Lipinski definition) is 5. The van der Waals surface area contributed by atoms with Gasteiger partial charge in [0.2, 0.25) is 0 Å². The van der Waals surface area contributed by atoms with E-state index in [-0.39, 0.29) is 28.4 Å². The molecule has 0 saturated carbocycles. The average Bonchev–Trinajstić information content (AvgIpc) is 2.62. The van der Waals surface area contributed by atoms with E-state index in [2.05, 4.69) is 15.4 Å². The van der Waals surface area contributed by atoms with Crippen LogP contribution >= 0.6 is 0 Å². The number of methoxy groups -OCH3 is 1. The summed E-state index contributed by atoms with van der Waals surface area (Å²) in [5.41, 5.74) is -0.658. The lowest BCUT2D eigenvalue weighted by Gasteiger charge is -2.20. The van der Waals surface area contributed by atoms with Crippen LogP contribution in [0, 0.1) is 5.82 Å². The van der Waals surface area contributed by atoms with Crippen LogP contribution in [0.15, 0.2) is 36.4 Å². The lowest BCUT2D eigenvalue weighted by atomic mass is 10.1. The first-order chi connectivity index (χ1) is 14.0. The smallest absolute Gasteiger partial charge is 0.412 e. The van der Waals surface area contributed by atoms with Crippen LogP contribution in [0.1, 0.15) is 31.1 Å². The Balaban J connectivity index is 2.24. The van der Waals surface area contributed by atoms with Gasteiger partial charge in [-0.15, -0.1) is 0 Å². The van der Waals surface area contributed by atoms with E-state index < -0.39 is 30.0 Å². The molecule has 2 amide bonds. The van der Waals surface area contributed by atoms with Gasteiger partial charge in [0.05, 0.1) is 18.5 Å². The standard InChI is InChI=1S/C20H21F3N2O5/c1-20(2,3)30-19(27)25-13-7-6-12(21)10-14(13)24-17(26)11-5-8-15(29-18(22)23)16(9-11)28-4/h5-10,18H,1-4H3,(H,24,26)(H,25,27). The van der Waals surface area contributed by atoms with Crippen molar-refractivity contribution in [1.82, 2.24) is 0 Å². The number of benzene rings is 2. The molecule has 0 spiro atoms. The predicted molar refractivity (Wildman–Crippen MR) is 104 cm³/mol. The molecule has 0 aromatic heterocycles. The molecule has 2 aromatic rings. The number of nitrogens with one attached hydrogen (secondary N) is 2. The van der Waals surface area contributed by atoms with Gasteiger partial charge in [0, 0.05) is 5.56 Å². The fourth-order valence-electron chi connectivity index (χ4n) is 2.34. The third-order valence-corrected chi connectivity index (χ3v) is 3.51. The van der Waals surface area contributed by atoms with Gasteiger partial charge < -0.3 is 19.5 Å². The first kappa shape index (κ1) is 22.9. The van der Waals surface area contributed by atoms with Gasteiger partial charge in [-0.1, -0.05) is 0 Å². The highest BCUT2D eigenvalue weighted by atomic mass is 19.3. The number of anilines is 2. The van der Waals surface area contributed by atoms with Crippen LogP contribution in [-0.2, 0) is 4.74 Å². The molecule has 0 aliphatic heterocycles. The van der Waals surface area contributed by atoms with Gasteiger partial charge in [0.25, 0.3) is 5.91 Å². The lowest BCUT2D eigenvalue weighted by molar-refractivity contribution is -0.0512. The summed E-state index contributed by atoms with van der Waals surface area (Å²) in [5, 5.41) is 4.89. The fourth-order valence-corrected chi connectivity index (χ4v) is 2.34. The van der Waals surface area contributed by atoms with E-state index in [9.17, 15) is 22.8 Å². The van der Waals surface area contributed by atoms with Gasteiger partial charge in [-0.3, -0.25) is 10.1 Å². The zero-order chi connectivity index (χ0) is 22.5. The minimum absolute atomic E-state index is 0.0287. The number of carbonyl (C=O) groups excluding carboxylic acids is 2. The summed E-state index contributed by atoms with van der Waals surface area (Å²) in [6.07, 6.45) is -0.792.